The first kappa shape index (κ1) is 18.9. The van der Waals surface area contributed by atoms with Crippen molar-refractivity contribution in [1.29, 1.82) is 0 Å². The first-order valence-electron chi connectivity index (χ1n) is 8.30. The Morgan fingerprint density at radius 1 is 0.889 bits per heavy atom. The molecule has 3 aromatic rings. The summed E-state index contributed by atoms with van der Waals surface area (Å²) in [6, 6.07) is 17.6. The van der Waals surface area contributed by atoms with Gasteiger partial charge < -0.3 is 16.0 Å². The molecule has 0 aliphatic heterocycles. The third-order valence-corrected chi connectivity index (χ3v) is 4.85. The van der Waals surface area contributed by atoms with Crippen LogP contribution in [0.15, 0.2) is 66.0 Å². The Labute approximate surface area is 166 Å². The third-order valence-electron chi connectivity index (χ3n) is 3.72. The fourth-order valence-electron chi connectivity index (χ4n) is 2.38. The van der Waals surface area contributed by atoms with Crippen molar-refractivity contribution in [1.82, 2.24) is 5.32 Å². The van der Waals surface area contributed by atoms with Crippen molar-refractivity contribution in [2.24, 2.45) is 0 Å². The van der Waals surface area contributed by atoms with Crippen molar-refractivity contribution in [3.63, 3.8) is 0 Å². The molecule has 1 aromatic heterocycles. The lowest BCUT2D eigenvalue weighted by molar-refractivity contribution is -0.120. The largest absolute Gasteiger partial charge is 0.351 e. The van der Waals surface area contributed by atoms with Gasteiger partial charge in [-0.05, 0) is 53.4 Å². The quantitative estimate of drug-likeness (QED) is 0.551. The van der Waals surface area contributed by atoms with E-state index < -0.39 is 0 Å². The van der Waals surface area contributed by atoms with E-state index in [4.69, 9.17) is 11.6 Å². The Hall–Kier alpha value is -2.83. The molecule has 0 aliphatic rings. The van der Waals surface area contributed by atoms with Gasteiger partial charge in [0.1, 0.15) is 0 Å². The van der Waals surface area contributed by atoms with E-state index in [0.29, 0.717) is 29.4 Å². The second-order valence-corrected chi connectivity index (χ2v) is 7.28. The van der Waals surface area contributed by atoms with Gasteiger partial charge in [-0.15, -0.1) is 11.3 Å². The molecular formula is C20H18ClN3O2S. The Bertz CT molecular complexity index is 894. The molecule has 0 saturated heterocycles. The highest BCUT2D eigenvalue weighted by molar-refractivity contribution is 7.09. The average molecular weight is 400 g/mol. The van der Waals surface area contributed by atoms with Crippen LogP contribution in [0.1, 0.15) is 10.4 Å². The molecule has 0 spiro atoms. The molecule has 0 atom stereocenters. The highest BCUT2D eigenvalue weighted by Gasteiger charge is 2.06. The number of nitrogens with one attached hydrogen (secondary N) is 3. The lowest BCUT2D eigenvalue weighted by Crippen LogP contribution is -2.24. The molecule has 0 saturated carbocycles. The predicted molar refractivity (Wildman–Crippen MR) is 110 cm³/mol. The van der Waals surface area contributed by atoms with Gasteiger partial charge in [-0.2, -0.15) is 0 Å². The summed E-state index contributed by atoms with van der Waals surface area (Å²) in [4.78, 5) is 25.1. The van der Waals surface area contributed by atoms with Crippen LogP contribution < -0.4 is 16.0 Å². The predicted octanol–water partition coefficient (Wildman–Crippen LogP) is 4.90. The molecule has 7 heteroatoms. The Morgan fingerprint density at radius 3 is 2.11 bits per heavy atom. The maximum absolute atomic E-state index is 12.0. The zero-order chi connectivity index (χ0) is 19.1. The maximum atomic E-state index is 12.0. The fraction of sp³-hybridized carbons (Fsp3) is 0.100. The zero-order valence-electron chi connectivity index (χ0n) is 14.4. The Morgan fingerprint density at radius 2 is 1.52 bits per heavy atom. The summed E-state index contributed by atoms with van der Waals surface area (Å²) < 4.78 is 0. The van der Waals surface area contributed by atoms with E-state index in [9.17, 15) is 9.59 Å². The number of urea groups is 1. The number of benzene rings is 2. The van der Waals surface area contributed by atoms with E-state index in [1.165, 1.54) is 0 Å². The van der Waals surface area contributed by atoms with Gasteiger partial charge in [-0.25, -0.2) is 4.79 Å². The van der Waals surface area contributed by atoms with E-state index in [1.807, 2.05) is 29.6 Å². The van der Waals surface area contributed by atoms with Gasteiger partial charge in [-0.1, -0.05) is 29.8 Å². The first-order valence-corrected chi connectivity index (χ1v) is 9.56. The number of anilines is 2. The number of amides is 3. The minimum Gasteiger partial charge on any atom is -0.351 e. The van der Waals surface area contributed by atoms with Crippen LogP contribution in [0.5, 0.6) is 0 Å². The van der Waals surface area contributed by atoms with E-state index in [-0.39, 0.29) is 11.9 Å². The summed E-state index contributed by atoms with van der Waals surface area (Å²) in [5, 5.41) is 11.0. The van der Waals surface area contributed by atoms with Gasteiger partial charge >= 0.3 is 6.03 Å². The van der Waals surface area contributed by atoms with Gasteiger partial charge in [0.15, 0.2) is 0 Å². The number of carbonyl (C=O) groups is 2. The molecule has 0 aliphatic carbocycles. The highest BCUT2D eigenvalue weighted by atomic mass is 35.5. The third kappa shape index (κ3) is 6.13. The van der Waals surface area contributed by atoms with Crippen LogP contribution in [0.4, 0.5) is 16.2 Å². The molecule has 0 fully saturated rings. The second kappa shape index (κ2) is 9.21. The van der Waals surface area contributed by atoms with Crippen molar-refractivity contribution in [2.45, 2.75) is 13.0 Å². The summed E-state index contributed by atoms with van der Waals surface area (Å²) >= 11 is 7.43. The van der Waals surface area contributed by atoms with Crippen LogP contribution in [-0.4, -0.2) is 11.9 Å². The van der Waals surface area contributed by atoms with Crippen LogP contribution in [0.25, 0.3) is 0 Å². The van der Waals surface area contributed by atoms with Crippen molar-refractivity contribution in [2.75, 3.05) is 10.6 Å². The van der Waals surface area contributed by atoms with Gasteiger partial charge in [0.25, 0.3) is 0 Å². The summed E-state index contributed by atoms with van der Waals surface area (Å²) in [5.41, 5.74) is 2.17. The molecule has 2 aromatic carbocycles. The smallest absolute Gasteiger partial charge is 0.323 e. The van der Waals surface area contributed by atoms with Crippen LogP contribution in [0.2, 0.25) is 5.02 Å². The van der Waals surface area contributed by atoms with E-state index in [2.05, 4.69) is 16.0 Å². The molecule has 5 nitrogen and oxygen atoms in total. The molecule has 3 rings (SSSR count). The molecule has 27 heavy (non-hydrogen) atoms. The minimum absolute atomic E-state index is 0.0374. The zero-order valence-corrected chi connectivity index (χ0v) is 15.9. The average Bonchev–Trinajstić information content (AvgIpc) is 3.17. The summed E-state index contributed by atoms with van der Waals surface area (Å²) in [7, 11) is 0. The molecule has 3 N–H and O–H groups in total. The van der Waals surface area contributed by atoms with Crippen LogP contribution in [-0.2, 0) is 17.8 Å². The fourth-order valence-corrected chi connectivity index (χ4v) is 3.15. The lowest BCUT2D eigenvalue weighted by Gasteiger charge is -2.09. The number of rotatable bonds is 6. The van der Waals surface area contributed by atoms with Crippen molar-refractivity contribution < 1.29 is 9.59 Å². The molecule has 138 valence electrons. The molecular weight excluding hydrogens is 382 g/mol. The first-order chi connectivity index (χ1) is 13.1. The molecule has 1 heterocycles. The summed E-state index contributed by atoms with van der Waals surface area (Å²) in [6.07, 6.45) is 0.294. The molecule has 0 bridgehead atoms. The van der Waals surface area contributed by atoms with Crippen LogP contribution in [0.3, 0.4) is 0 Å². The van der Waals surface area contributed by atoms with Gasteiger partial charge in [0, 0.05) is 21.3 Å². The van der Waals surface area contributed by atoms with Crippen LogP contribution in [0, 0.1) is 0 Å². The van der Waals surface area contributed by atoms with E-state index >= 15 is 0 Å². The van der Waals surface area contributed by atoms with Gasteiger partial charge in [0.2, 0.25) is 5.91 Å². The molecule has 0 radical (unpaired) electrons. The number of hydrogen-bond acceptors (Lipinski definition) is 3. The van der Waals surface area contributed by atoms with Crippen molar-refractivity contribution in [3.05, 3.63) is 81.5 Å². The standard InChI is InChI=1S/C20H18ClN3O2S/c21-15-5-9-17(10-6-15)24-20(26)23-16-7-3-14(4-8-16)12-19(25)22-13-18-2-1-11-27-18/h1-11H,12-13H2,(H,22,25)(H2,23,24,26). The summed E-state index contributed by atoms with van der Waals surface area (Å²) in [6.45, 7) is 0.543. The lowest BCUT2D eigenvalue weighted by atomic mass is 10.1. The van der Waals surface area contributed by atoms with Gasteiger partial charge in [-0.3, -0.25) is 4.79 Å². The SMILES string of the molecule is O=C(Cc1ccc(NC(=O)Nc2ccc(Cl)cc2)cc1)NCc1cccs1. The van der Waals surface area contributed by atoms with Crippen LogP contribution >= 0.6 is 22.9 Å². The van der Waals surface area contributed by atoms with Crippen molar-refractivity contribution in [3.8, 4) is 0 Å². The Kier molecular flexibility index (Phi) is 6.46. The normalized spacial score (nSPS) is 10.3. The van der Waals surface area contributed by atoms with Gasteiger partial charge in [0.05, 0.1) is 13.0 Å². The molecule has 3 amide bonds. The number of hydrogen-bond donors (Lipinski definition) is 3. The minimum atomic E-state index is -0.348. The number of carbonyl (C=O) groups excluding carboxylic acids is 2. The van der Waals surface area contributed by atoms with Crippen molar-refractivity contribution >= 4 is 46.3 Å². The topological polar surface area (TPSA) is 70.2 Å². The monoisotopic (exact) mass is 399 g/mol. The highest BCUT2D eigenvalue weighted by Crippen LogP contribution is 2.15. The van der Waals surface area contributed by atoms with E-state index in [1.54, 1.807) is 47.7 Å². The maximum Gasteiger partial charge on any atom is 0.323 e. The number of thiophene rings is 1. The summed E-state index contributed by atoms with van der Waals surface area (Å²) in [5.74, 6) is -0.0374. The molecule has 0 unspecified atom stereocenters. The Balaban J connectivity index is 1.47. The number of halogens is 1. The van der Waals surface area contributed by atoms with E-state index in [0.717, 1.165) is 10.4 Å². The second-order valence-electron chi connectivity index (χ2n) is 5.82.